The van der Waals surface area contributed by atoms with Crippen LogP contribution in [0.3, 0.4) is 0 Å². The highest BCUT2D eigenvalue weighted by Crippen LogP contribution is 2.31. The molecule has 1 unspecified atom stereocenters. The van der Waals surface area contributed by atoms with Gasteiger partial charge in [-0.1, -0.05) is 97.7 Å². The lowest BCUT2D eigenvalue weighted by molar-refractivity contribution is -0.763. The van der Waals surface area contributed by atoms with Gasteiger partial charge in [-0.25, -0.2) is 9.78 Å². The van der Waals surface area contributed by atoms with E-state index in [2.05, 4.69) is 32.2 Å². The Hall–Kier alpha value is -5.34. The number of carbonyl (C=O) groups excluding carboxylic acids is 1. The maximum absolute atomic E-state index is 12.4. The predicted molar refractivity (Wildman–Crippen MR) is 174 cm³/mol. The lowest BCUT2D eigenvalue weighted by Crippen LogP contribution is -2.18. The van der Waals surface area contributed by atoms with Crippen LogP contribution in [0.25, 0.3) is 22.5 Å². The van der Waals surface area contributed by atoms with E-state index in [-0.39, 0.29) is 19.8 Å². The van der Waals surface area contributed by atoms with Crippen molar-refractivity contribution in [3.05, 3.63) is 116 Å². The zero-order chi connectivity index (χ0) is 34.0. The third kappa shape index (κ3) is 8.52. The second-order valence-corrected chi connectivity index (χ2v) is 11.2. The lowest BCUT2D eigenvalue weighted by atomic mass is 9.98. The molecule has 0 bridgehead atoms. The average molecular weight is 676 g/mol. The molecule has 0 amide bonds. The van der Waals surface area contributed by atoms with Gasteiger partial charge in [-0.15, -0.1) is 25.1 Å². The lowest BCUT2D eigenvalue weighted by Gasteiger charge is -2.13. The number of imidazole rings is 1. The molecule has 3 aromatic carbocycles. The summed E-state index contributed by atoms with van der Waals surface area (Å²) < 4.78 is 12.5. The first-order valence-corrected chi connectivity index (χ1v) is 15.6. The molecule has 0 saturated carbocycles. The molecule has 48 heavy (non-hydrogen) atoms. The van der Waals surface area contributed by atoms with Crippen LogP contribution in [-0.4, -0.2) is 46.1 Å². The molecule has 0 spiro atoms. The number of aliphatic hydroxyl groups is 1. The highest BCUT2D eigenvalue weighted by Gasteiger charge is 2.19. The van der Waals surface area contributed by atoms with E-state index in [1.807, 2.05) is 53.1 Å². The summed E-state index contributed by atoms with van der Waals surface area (Å²) in [6.45, 7) is 3.80. The third-order valence-corrected chi connectivity index (χ3v) is 7.82. The van der Waals surface area contributed by atoms with Crippen molar-refractivity contribution < 1.29 is 29.3 Å². The summed E-state index contributed by atoms with van der Waals surface area (Å²) in [7, 11) is 0. The number of rotatable bonds is 15. The second-order valence-electron chi connectivity index (χ2n) is 10.9. The molecule has 2 aromatic heterocycles. The van der Waals surface area contributed by atoms with Gasteiger partial charge in [0.05, 0.1) is 12.3 Å². The fourth-order valence-electron chi connectivity index (χ4n) is 4.98. The second kappa shape index (κ2) is 16.0. The Morgan fingerprint density at radius 1 is 1.00 bits per heavy atom. The van der Waals surface area contributed by atoms with Crippen LogP contribution < -0.4 is 0 Å². The molecule has 250 valence electrons. The van der Waals surface area contributed by atoms with Gasteiger partial charge in [-0.05, 0) is 46.4 Å². The van der Waals surface area contributed by atoms with Crippen LogP contribution in [-0.2, 0) is 47.1 Å². The molecule has 1 atom stereocenters. The zero-order valence-electron chi connectivity index (χ0n) is 26.4. The van der Waals surface area contributed by atoms with Crippen LogP contribution in [0.15, 0.2) is 72.8 Å². The number of benzene rings is 3. The van der Waals surface area contributed by atoms with E-state index >= 15 is 0 Å². The fraction of sp³-hybridized carbons (Fsp3) is 0.303. The molecule has 0 aliphatic carbocycles. The number of aromatic nitrogens is 6. The number of nitrogens with zero attached hydrogens (tertiary/aromatic N) is 7. The fourth-order valence-corrected chi connectivity index (χ4v) is 5.24. The van der Waals surface area contributed by atoms with Crippen LogP contribution in [0, 0.1) is 10.1 Å². The first-order chi connectivity index (χ1) is 23.2. The largest absolute Gasteiger partial charge is 0.510 e. The summed E-state index contributed by atoms with van der Waals surface area (Å²) in [5, 5.41) is 32.5. The van der Waals surface area contributed by atoms with Gasteiger partial charge in [0.1, 0.15) is 19.0 Å². The summed E-state index contributed by atoms with van der Waals surface area (Å²) in [6.07, 6.45) is 0.950. The van der Waals surface area contributed by atoms with Crippen LogP contribution in [0.4, 0.5) is 4.79 Å². The van der Waals surface area contributed by atoms with Crippen LogP contribution in [0.1, 0.15) is 61.1 Å². The molecule has 0 saturated heterocycles. The first kappa shape index (κ1) is 34.0. The minimum atomic E-state index is -0.927. The van der Waals surface area contributed by atoms with Gasteiger partial charge in [-0.3, -0.25) is 0 Å². The minimum absolute atomic E-state index is 0.0667. The third-order valence-electron chi connectivity index (χ3n) is 7.52. The molecule has 15 heteroatoms. The van der Waals surface area contributed by atoms with Gasteiger partial charge in [0.2, 0.25) is 12.1 Å². The number of ether oxygens (including phenoxy) is 2. The quantitative estimate of drug-likeness (QED) is 0.0748. The Morgan fingerprint density at radius 2 is 1.67 bits per heavy atom. The van der Waals surface area contributed by atoms with Crippen molar-refractivity contribution in [1.82, 2.24) is 29.8 Å². The SMILES string of the molecule is CCCCc1nc(Cl)c(CO)n1Cc1ccc(-c2ccccc2-c2nnn(C(C)OC(=O)OCc3ccc(CO[N+](=O)[O-])cc3)n2)cc1. The van der Waals surface area contributed by atoms with Crippen molar-refractivity contribution in [3.63, 3.8) is 0 Å². The predicted octanol–water partition coefficient (Wildman–Crippen LogP) is 6.32. The van der Waals surface area contributed by atoms with E-state index in [4.69, 9.17) is 21.1 Å². The number of aryl methyl sites for hydroxylation is 1. The summed E-state index contributed by atoms with van der Waals surface area (Å²) >= 11 is 6.32. The molecule has 14 nitrogen and oxygen atoms in total. The van der Waals surface area contributed by atoms with Crippen molar-refractivity contribution in [2.75, 3.05) is 0 Å². The zero-order valence-corrected chi connectivity index (χ0v) is 27.1. The maximum atomic E-state index is 12.4. The van der Waals surface area contributed by atoms with Crippen LogP contribution in [0.2, 0.25) is 5.15 Å². The average Bonchev–Trinajstić information content (AvgIpc) is 3.70. The van der Waals surface area contributed by atoms with Gasteiger partial charge < -0.3 is 24.0 Å². The number of halogens is 1. The Labute approximate surface area is 281 Å². The van der Waals surface area contributed by atoms with E-state index in [0.29, 0.717) is 34.3 Å². The summed E-state index contributed by atoms with van der Waals surface area (Å²) in [4.78, 5) is 32.7. The maximum Gasteiger partial charge on any atom is 0.510 e. The van der Waals surface area contributed by atoms with Crippen LogP contribution in [0.5, 0.6) is 0 Å². The van der Waals surface area contributed by atoms with Gasteiger partial charge in [0.25, 0.3) is 5.09 Å². The molecule has 0 radical (unpaired) electrons. The standard InChI is InChI=1S/C33H34ClN7O7/c1-3-4-9-30-35-31(34)29(19-42)39(30)18-23-14-16-26(17-15-23)27-7-5-6-8-28(27)32-36-38-40(37-32)22(2)48-33(43)46-20-24-10-12-25(13-11-24)21-47-41(44)45/h5-8,10-17,22,42H,3-4,9,18-21H2,1-2H3. The van der Waals surface area contributed by atoms with Crippen molar-refractivity contribution in [2.24, 2.45) is 0 Å². The topological polar surface area (TPSA) is 170 Å². The molecule has 1 N–H and O–H groups in total. The number of hydrogen-bond donors (Lipinski definition) is 1. The van der Waals surface area contributed by atoms with Gasteiger partial charge in [0.15, 0.2) is 5.15 Å². The number of unbranched alkanes of at least 4 members (excludes halogenated alkanes) is 1. The molecular formula is C33H34ClN7O7. The monoisotopic (exact) mass is 675 g/mol. The molecule has 5 aromatic rings. The molecular weight excluding hydrogens is 642 g/mol. The number of aliphatic hydroxyl groups excluding tert-OH is 1. The molecule has 0 aliphatic rings. The van der Waals surface area contributed by atoms with Gasteiger partial charge in [0, 0.05) is 18.5 Å². The molecule has 5 rings (SSSR count). The number of hydrogen-bond acceptors (Lipinski definition) is 11. The Kier molecular flexibility index (Phi) is 11.3. The van der Waals surface area contributed by atoms with Crippen LogP contribution >= 0.6 is 11.6 Å². The van der Waals surface area contributed by atoms with E-state index in [1.54, 1.807) is 31.2 Å². The van der Waals surface area contributed by atoms with E-state index in [1.165, 1.54) is 4.80 Å². The Balaban J connectivity index is 1.22. The molecule has 0 aliphatic heterocycles. The van der Waals surface area contributed by atoms with Crippen molar-refractivity contribution in [2.45, 2.75) is 65.7 Å². The van der Waals surface area contributed by atoms with Crippen molar-refractivity contribution in [3.8, 4) is 22.5 Å². The van der Waals surface area contributed by atoms with Gasteiger partial charge >= 0.3 is 6.16 Å². The van der Waals surface area contributed by atoms with Crippen molar-refractivity contribution >= 4 is 17.8 Å². The molecule has 0 fully saturated rings. The summed E-state index contributed by atoms with van der Waals surface area (Å²) in [5.74, 6) is 1.20. The highest BCUT2D eigenvalue weighted by atomic mass is 35.5. The van der Waals surface area contributed by atoms with Crippen molar-refractivity contribution in [1.29, 1.82) is 0 Å². The Morgan fingerprint density at radius 3 is 2.33 bits per heavy atom. The van der Waals surface area contributed by atoms with E-state index in [9.17, 15) is 20.0 Å². The summed E-state index contributed by atoms with van der Waals surface area (Å²) in [5.41, 5.74) is 5.46. The van der Waals surface area contributed by atoms with E-state index in [0.717, 1.165) is 47.3 Å². The van der Waals surface area contributed by atoms with E-state index < -0.39 is 17.5 Å². The number of tetrazole rings is 1. The first-order valence-electron chi connectivity index (χ1n) is 15.3. The summed E-state index contributed by atoms with van der Waals surface area (Å²) in [6, 6.07) is 22.3. The molecule has 2 heterocycles. The van der Waals surface area contributed by atoms with Gasteiger partial charge in [-0.2, -0.15) is 0 Å². The normalized spacial score (nSPS) is 11.7. The minimum Gasteiger partial charge on any atom is -0.429 e. The Bertz CT molecular complexity index is 1840. The highest BCUT2D eigenvalue weighted by molar-refractivity contribution is 6.30. The number of carbonyl (C=O) groups is 1. The smallest absolute Gasteiger partial charge is 0.429 e.